The Morgan fingerprint density at radius 1 is 1.08 bits per heavy atom. The summed E-state index contributed by atoms with van der Waals surface area (Å²) in [5.41, 5.74) is 9.03. The largest absolute Gasteiger partial charge is 0.365 e. The number of rotatable bonds is 5. The normalized spacial score (nSPS) is 15.4. The topological polar surface area (TPSA) is 75.3 Å². The first-order valence-electron chi connectivity index (χ1n) is 8.71. The van der Waals surface area contributed by atoms with Crippen LogP contribution in [0.15, 0.2) is 30.3 Å². The molecule has 0 unspecified atom stereocenters. The quantitative estimate of drug-likeness (QED) is 0.895. The maximum Gasteiger partial charge on any atom is 0.252 e. The van der Waals surface area contributed by atoms with Crippen molar-refractivity contribution in [2.45, 2.75) is 20.3 Å². The highest BCUT2D eigenvalue weighted by atomic mass is 16.1. The number of carbonyl (C=O) groups is 1. The number of aromatic nitrogens is 2. The van der Waals surface area contributed by atoms with Crippen molar-refractivity contribution in [1.82, 2.24) is 15.1 Å². The summed E-state index contributed by atoms with van der Waals surface area (Å²) < 4.78 is 0. The van der Waals surface area contributed by atoms with Gasteiger partial charge in [0.15, 0.2) is 5.82 Å². The summed E-state index contributed by atoms with van der Waals surface area (Å²) >= 11 is 0. The average Bonchev–Trinajstić information content (AvgIpc) is 2.63. The smallest absolute Gasteiger partial charge is 0.252 e. The van der Waals surface area contributed by atoms with Gasteiger partial charge in [-0.2, -0.15) is 5.10 Å². The molecule has 1 fully saturated rings. The van der Waals surface area contributed by atoms with E-state index in [0.717, 1.165) is 50.4 Å². The summed E-state index contributed by atoms with van der Waals surface area (Å²) in [6, 6.07) is 10.5. The molecule has 2 N–H and O–H groups in total. The molecule has 0 bridgehead atoms. The number of primary amides is 1. The molecule has 25 heavy (non-hydrogen) atoms. The van der Waals surface area contributed by atoms with Crippen molar-refractivity contribution in [3.8, 4) is 0 Å². The van der Waals surface area contributed by atoms with Crippen molar-refractivity contribution < 1.29 is 4.79 Å². The molecule has 132 valence electrons. The molecule has 1 aromatic carbocycles. The molecular formula is C19H25N5O. The Labute approximate surface area is 148 Å². The molecule has 0 saturated carbocycles. The van der Waals surface area contributed by atoms with Crippen LogP contribution in [0.25, 0.3) is 0 Å². The van der Waals surface area contributed by atoms with Crippen LogP contribution in [0, 0.1) is 13.8 Å². The van der Waals surface area contributed by atoms with E-state index in [4.69, 9.17) is 5.73 Å². The summed E-state index contributed by atoms with van der Waals surface area (Å²) in [6.45, 7) is 8.31. The van der Waals surface area contributed by atoms with E-state index in [1.165, 1.54) is 5.56 Å². The van der Waals surface area contributed by atoms with Crippen LogP contribution in [0.2, 0.25) is 0 Å². The number of nitrogens with zero attached hydrogens (tertiary/aromatic N) is 4. The predicted molar refractivity (Wildman–Crippen MR) is 98.8 cm³/mol. The minimum atomic E-state index is -0.433. The van der Waals surface area contributed by atoms with Crippen molar-refractivity contribution in [1.29, 1.82) is 0 Å². The third kappa shape index (κ3) is 3.96. The van der Waals surface area contributed by atoms with E-state index >= 15 is 0 Å². The molecule has 2 heterocycles. The van der Waals surface area contributed by atoms with Gasteiger partial charge in [-0.05, 0) is 31.4 Å². The van der Waals surface area contributed by atoms with Gasteiger partial charge in [0.05, 0.1) is 11.3 Å². The number of aryl methyl sites for hydroxylation is 1. The lowest BCUT2D eigenvalue weighted by atomic mass is 10.1. The van der Waals surface area contributed by atoms with Crippen LogP contribution in [-0.4, -0.2) is 53.7 Å². The first-order valence-corrected chi connectivity index (χ1v) is 8.71. The van der Waals surface area contributed by atoms with Gasteiger partial charge in [0.1, 0.15) is 0 Å². The average molecular weight is 339 g/mol. The minimum absolute atomic E-state index is 0.433. The Morgan fingerprint density at radius 3 is 2.40 bits per heavy atom. The third-order valence-corrected chi connectivity index (χ3v) is 4.91. The van der Waals surface area contributed by atoms with Crippen LogP contribution in [0.4, 0.5) is 5.82 Å². The van der Waals surface area contributed by atoms with Crippen LogP contribution < -0.4 is 10.6 Å². The number of nitrogens with two attached hydrogens (primary N) is 1. The maximum absolute atomic E-state index is 11.9. The summed E-state index contributed by atoms with van der Waals surface area (Å²) in [5.74, 6) is 0.190. The fourth-order valence-electron chi connectivity index (χ4n) is 3.23. The number of amides is 1. The van der Waals surface area contributed by atoms with E-state index in [0.29, 0.717) is 11.4 Å². The summed E-state index contributed by atoms with van der Waals surface area (Å²) in [4.78, 5) is 16.4. The van der Waals surface area contributed by atoms with E-state index in [-0.39, 0.29) is 0 Å². The second-order valence-electron chi connectivity index (χ2n) is 6.54. The highest BCUT2D eigenvalue weighted by Crippen LogP contribution is 2.23. The molecule has 1 aromatic heterocycles. The van der Waals surface area contributed by atoms with Crippen molar-refractivity contribution in [2.24, 2.45) is 5.73 Å². The second kappa shape index (κ2) is 7.61. The standard InChI is InChI=1S/C19H25N5O/c1-14-15(2)21-22-19(17(14)18(20)25)24-12-10-23(11-13-24)9-8-16-6-4-3-5-7-16/h3-7H,8-13H2,1-2H3,(H2,20,25). The Hall–Kier alpha value is -2.47. The molecule has 6 nitrogen and oxygen atoms in total. The van der Waals surface area contributed by atoms with Gasteiger partial charge >= 0.3 is 0 Å². The van der Waals surface area contributed by atoms with Crippen molar-refractivity contribution in [2.75, 3.05) is 37.6 Å². The van der Waals surface area contributed by atoms with Crippen LogP contribution in [0.5, 0.6) is 0 Å². The zero-order valence-electron chi connectivity index (χ0n) is 14.9. The molecule has 0 radical (unpaired) electrons. The van der Waals surface area contributed by atoms with Crippen LogP contribution >= 0.6 is 0 Å². The van der Waals surface area contributed by atoms with Gasteiger partial charge < -0.3 is 10.6 Å². The molecule has 3 rings (SSSR count). The lowest BCUT2D eigenvalue weighted by molar-refractivity contribution is 0.0999. The van der Waals surface area contributed by atoms with Crippen LogP contribution in [-0.2, 0) is 6.42 Å². The monoisotopic (exact) mass is 339 g/mol. The SMILES string of the molecule is Cc1nnc(N2CCN(CCc3ccccc3)CC2)c(C(N)=O)c1C. The summed E-state index contributed by atoms with van der Waals surface area (Å²) in [7, 11) is 0. The van der Waals surface area contributed by atoms with E-state index in [1.807, 2.05) is 19.9 Å². The lowest BCUT2D eigenvalue weighted by Gasteiger charge is -2.36. The summed E-state index contributed by atoms with van der Waals surface area (Å²) in [5, 5.41) is 8.44. The number of hydrogen-bond donors (Lipinski definition) is 1. The molecule has 0 atom stereocenters. The first kappa shape index (κ1) is 17.4. The fraction of sp³-hybridized carbons (Fsp3) is 0.421. The zero-order chi connectivity index (χ0) is 17.8. The molecule has 6 heteroatoms. The lowest BCUT2D eigenvalue weighted by Crippen LogP contribution is -2.48. The molecule has 0 aliphatic carbocycles. The van der Waals surface area contributed by atoms with Gasteiger partial charge in [-0.25, -0.2) is 0 Å². The second-order valence-corrected chi connectivity index (χ2v) is 6.54. The Balaban J connectivity index is 1.63. The molecule has 2 aromatic rings. The van der Waals surface area contributed by atoms with E-state index < -0.39 is 5.91 Å². The maximum atomic E-state index is 11.9. The molecule has 0 spiro atoms. The predicted octanol–water partition coefficient (Wildman–Crippen LogP) is 1.56. The van der Waals surface area contributed by atoms with Gasteiger partial charge in [0, 0.05) is 32.7 Å². The highest BCUT2D eigenvalue weighted by Gasteiger charge is 2.24. The van der Waals surface area contributed by atoms with Crippen molar-refractivity contribution in [3.05, 3.63) is 52.7 Å². The van der Waals surface area contributed by atoms with Crippen LogP contribution in [0.1, 0.15) is 27.2 Å². The van der Waals surface area contributed by atoms with Gasteiger partial charge in [-0.3, -0.25) is 9.69 Å². The Morgan fingerprint density at radius 2 is 1.76 bits per heavy atom. The van der Waals surface area contributed by atoms with E-state index in [9.17, 15) is 4.79 Å². The molecule has 1 aliphatic heterocycles. The van der Waals surface area contributed by atoms with Crippen molar-refractivity contribution in [3.63, 3.8) is 0 Å². The first-order chi connectivity index (χ1) is 12.1. The molecule has 1 aliphatic rings. The van der Waals surface area contributed by atoms with Gasteiger partial charge in [0.25, 0.3) is 5.91 Å². The number of piperazine rings is 1. The van der Waals surface area contributed by atoms with E-state index in [2.05, 4.69) is 44.3 Å². The van der Waals surface area contributed by atoms with Gasteiger partial charge in [-0.15, -0.1) is 5.10 Å². The number of carbonyl (C=O) groups excluding carboxylic acids is 1. The number of benzene rings is 1. The Kier molecular flexibility index (Phi) is 5.28. The van der Waals surface area contributed by atoms with Gasteiger partial charge in [0.2, 0.25) is 0 Å². The molecular weight excluding hydrogens is 314 g/mol. The van der Waals surface area contributed by atoms with E-state index in [1.54, 1.807) is 0 Å². The molecule has 1 saturated heterocycles. The minimum Gasteiger partial charge on any atom is -0.365 e. The molecule has 1 amide bonds. The highest BCUT2D eigenvalue weighted by molar-refractivity contribution is 5.99. The fourth-order valence-corrected chi connectivity index (χ4v) is 3.23. The third-order valence-electron chi connectivity index (χ3n) is 4.91. The summed E-state index contributed by atoms with van der Waals surface area (Å²) in [6.07, 6.45) is 1.05. The Bertz CT molecular complexity index is 739. The van der Waals surface area contributed by atoms with Crippen molar-refractivity contribution >= 4 is 11.7 Å². The number of anilines is 1. The number of hydrogen-bond acceptors (Lipinski definition) is 5. The zero-order valence-corrected chi connectivity index (χ0v) is 14.9. The van der Waals surface area contributed by atoms with Gasteiger partial charge in [-0.1, -0.05) is 30.3 Å². The van der Waals surface area contributed by atoms with Crippen LogP contribution in [0.3, 0.4) is 0 Å².